The van der Waals surface area contributed by atoms with Crippen LogP contribution in [0.5, 0.6) is 0 Å². The summed E-state index contributed by atoms with van der Waals surface area (Å²) in [6.45, 7) is 5.19. The Bertz CT molecular complexity index is 196. The van der Waals surface area contributed by atoms with Gasteiger partial charge in [-0.25, -0.2) is 0 Å². The first-order valence-corrected chi connectivity index (χ1v) is 5.14. The van der Waals surface area contributed by atoms with Crippen LogP contribution >= 0.6 is 0 Å². The molecule has 0 spiro atoms. The summed E-state index contributed by atoms with van der Waals surface area (Å²) in [6.07, 6.45) is 7.93. The first-order valence-electron chi connectivity index (χ1n) is 5.14. The Labute approximate surface area is 86.6 Å². The van der Waals surface area contributed by atoms with Crippen LogP contribution in [0.1, 0.15) is 33.1 Å². The summed E-state index contributed by atoms with van der Waals surface area (Å²) in [6, 6.07) is 0.205. The molecule has 0 aromatic rings. The van der Waals surface area contributed by atoms with Crippen molar-refractivity contribution in [3.05, 3.63) is 0 Å². The number of carbonyl (C=O) groups is 1. The predicted octanol–water partition coefficient (Wildman–Crippen LogP) is 0.904. The van der Waals surface area contributed by atoms with Gasteiger partial charge in [0.15, 0.2) is 0 Å². The summed E-state index contributed by atoms with van der Waals surface area (Å²) in [5, 5.41) is 5.88. The summed E-state index contributed by atoms with van der Waals surface area (Å²) < 4.78 is 0. The maximum atomic E-state index is 11.2. The second-order valence-electron chi connectivity index (χ2n) is 3.39. The summed E-state index contributed by atoms with van der Waals surface area (Å²) >= 11 is 0. The summed E-state index contributed by atoms with van der Waals surface area (Å²) in [7, 11) is 0. The minimum absolute atomic E-state index is 0.0438. The lowest BCUT2D eigenvalue weighted by molar-refractivity contribution is -0.120. The van der Waals surface area contributed by atoms with Crippen molar-refractivity contribution in [3.8, 4) is 12.3 Å². The minimum Gasteiger partial charge on any atom is -0.355 e. The Morgan fingerprint density at radius 1 is 1.57 bits per heavy atom. The third-order valence-electron chi connectivity index (χ3n) is 1.89. The van der Waals surface area contributed by atoms with E-state index in [0.29, 0.717) is 13.0 Å². The number of hydrogen-bond acceptors (Lipinski definition) is 2. The quantitative estimate of drug-likeness (QED) is 0.469. The fourth-order valence-corrected chi connectivity index (χ4v) is 0.983. The van der Waals surface area contributed by atoms with Crippen molar-refractivity contribution in [2.45, 2.75) is 39.2 Å². The standard InChI is InChI=1S/C11H20N2O/c1-4-6-8-12-11(14)9-13-10(3)7-5-2/h2,10,13H,4,6-9H2,1,3H3,(H,12,14). The minimum atomic E-state index is 0.0438. The molecule has 14 heavy (non-hydrogen) atoms. The molecule has 0 aliphatic carbocycles. The van der Waals surface area contributed by atoms with E-state index >= 15 is 0 Å². The molecular formula is C11H20N2O. The van der Waals surface area contributed by atoms with Gasteiger partial charge in [0.2, 0.25) is 5.91 Å². The van der Waals surface area contributed by atoms with Crippen LogP contribution in [0, 0.1) is 12.3 Å². The van der Waals surface area contributed by atoms with Gasteiger partial charge in [-0.05, 0) is 13.3 Å². The highest BCUT2D eigenvalue weighted by Gasteiger charge is 2.02. The SMILES string of the molecule is C#CCC(C)NCC(=O)NCCCC. The van der Waals surface area contributed by atoms with Gasteiger partial charge in [-0.3, -0.25) is 4.79 Å². The van der Waals surface area contributed by atoms with Crippen LogP contribution < -0.4 is 10.6 Å². The Kier molecular flexibility index (Phi) is 7.96. The average Bonchev–Trinajstić information content (AvgIpc) is 2.16. The molecule has 0 heterocycles. The van der Waals surface area contributed by atoms with Crippen LogP contribution in [0.15, 0.2) is 0 Å². The third-order valence-corrected chi connectivity index (χ3v) is 1.89. The lowest BCUT2D eigenvalue weighted by atomic mass is 10.2. The molecule has 1 unspecified atom stereocenters. The van der Waals surface area contributed by atoms with Crippen LogP contribution in [0.3, 0.4) is 0 Å². The second kappa shape index (κ2) is 8.58. The Morgan fingerprint density at radius 2 is 2.29 bits per heavy atom. The van der Waals surface area contributed by atoms with Crippen molar-refractivity contribution in [1.82, 2.24) is 10.6 Å². The van der Waals surface area contributed by atoms with Gasteiger partial charge in [0.05, 0.1) is 6.54 Å². The van der Waals surface area contributed by atoms with Crippen molar-refractivity contribution in [2.24, 2.45) is 0 Å². The number of unbranched alkanes of at least 4 members (excludes halogenated alkanes) is 1. The molecular weight excluding hydrogens is 176 g/mol. The lowest BCUT2D eigenvalue weighted by Crippen LogP contribution is -2.38. The first-order chi connectivity index (χ1) is 6.70. The molecule has 0 bridgehead atoms. The monoisotopic (exact) mass is 196 g/mol. The number of hydrogen-bond donors (Lipinski definition) is 2. The fraction of sp³-hybridized carbons (Fsp3) is 0.727. The largest absolute Gasteiger partial charge is 0.355 e. The van der Waals surface area contributed by atoms with E-state index in [1.807, 2.05) is 6.92 Å². The average molecular weight is 196 g/mol. The van der Waals surface area contributed by atoms with E-state index in [0.717, 1.165) is 19.4 Å². The van der Waals surface area contributed by atoms with Crippen molar-refractivity contribution in [2.75, 3.05) is 13.1 Å². The van der Waals surface area contributed by atoms with Gasteiger partial charge in [0.1, 0.15) is 0 Å². The molecule has 0 saturated heterocycles. The highest BCUT2D eigenvalue weighted by Crippen LogP contribution is 1.86. The van der Waals surface area contributed by atoms with E-state index in [1.165, 1.54) is 0 Å². The van der Waals surface area contributed by atoms with E-state index in [-0.39, 0.29) is 11.9 Å². The molecule has 0 rings (SSSR count). The summed E-state index contributed by atoms with van der Waals surface area (Å²) in [5.74, 6) is 2.59. The third kappa shape index (κ3) is 7.63. The van der Waals surface area contributed by atoms with Crippen LogP contribution in [0.25, 0.3) is 0 Å². The van der Waals surface area contributed by atoms with Gasteiger partial charge < -0.3 is 10.6 Å². The van der Waals surface area contributed by atoms with Gasteiger partial charge in [0, 0.05) is 19.0 Å². The van der Waals surface area contributed by atoms with E-state index in [9.17, 15) is 4.79 Å². The molecule has 0 aliphatic rings. The molecule has 0 fully saturated rings. The van der Waals surface area contributed by atoms with Gasteiger partial charge in [-0.15, -0.1) is 12.3 Å². The molecule has 80 valence electrons. The molecule has 0 aliphatic heterocycles. The van der Waals surface area contributed by atoms with Crippen LogP contribution in [0.2, 0.25) is 0 Å². The molecule has 1 atom stereocenters. The Morgan fingerprint density at radius 3 is 2.86 bits per heavy atom. The number of rotatable bonds is 7. The maximum Gasteiger partial charge on any atom is 0.233 e. The molecule has 3 heteroatoms. The highest BCUT2D eigenvalue weighted by molar-refractivity contribution is 5.77. The Balaban J connectivity index is 3.40. The molecule has 0 aromatic carbocycles. The van der Waals surface area contributed by atoms with Crippen molar-refractivity contribution >= 4 is 5.91 Å². The second-order valence-corrected chi connectivity index (χ2v) is 3.39. The van der Waals surface area contributed by atoms with Crippen molar-refractivity contribution in [3.63, 3.8) is 0 Å². The van der Waals surface area contributed by atoms with Crippen LogP contribution in [-0.4, -0.2) is 25.0 Å². The van der Waals surface area contributed by atoms with E-state index in [4.69, 9.17) is 6.42 Å². The lowest BCUT2D eigenvalue weighted by Gasteiger charge is -2.10. The Hall–Kier alpha value is -1.01. The number of amides is 1. The number of terminal acetylenes is 1. The van der Waals surface area contributed by atoms with Crippen LogP contribution in [0.4, 0.5) is 0 Å². The molecule has 0 radical (unpaired) electrons. The van der Waals surface area contributed by atoms with E-state index in [2.05, 4.69) is 23.5 Å². The van der Waals surface area contributed by atoms with Crippen molar-refractivity contribution < 1.29 is 4.79 Å². The summed E-state index contributed by atoms with van der Waals surface area (Å²) in [5.41, 5.74) is 0. The number of nitrogens with one attached hydrogen (secondary N) is 2. The normalized spacial score (nSPS) is 11.8. The van der Waals surface area contributed by atoms with Crippen molar-refractivity contribution in [1.29, 1.82) is 0 Å². The zero-order chi connectivity index (χ0) is 10.8. The summed E-state index contributed by atoms with van der Waals surface area (Å²) in [4.78, 5) is 11.2. The molecule has 0 aromatic heterocycles. The zero-order valence-corrected chi connectivity index (χ0v) is 9.10. The van der Waals surface area contributed by atoms with Gasteiger partial charge in [0.25, 0.3) is 0 Å². The number of carbonyl (C=O) groups excluding carboxylic acids is 1. The van der Waals surface area contributed by atoms with Crippen LogP contribution in [-0.2, 0) is 4.79 Å². The van der Waals surface area contributed by atoms with Gasteiger partial charge >= 0.3 is 0 Å². The molecule has 2 N–H and O–H groups in total. The fourth-order valence-electron chi connectivity index (χ4n) is 0.983. The topological polar surface area (TPSA) is 41.1 Å². The maximum absolute atomic E-state index is 11.2. The smallest absolute Gasteiger partial charge is 0.233 e. The highest BCUT2D eigenvalue weighted by atomic mass is 16.1. The van der Waals surface area contributed by atoms with E-state index in [1.54, 1.807) is 0 Å². The zero-order valence-electron chi connectivity index (χ0n) is 9.10. The van der Waals surface area contributed by atoms with E-state index < -0.39 is 0 Å². The molecule has 1 amide bonds. The van der Waals surface area contributed by atoms with Gasteiger partial charge in [-0.2, -0.15) is 0 Å². The first kappa shape index (κ1) is 13.0. The van der Waals surface area contributed by atoms with Gasteiger partial charge in [-0.1, -0.05) is 13.3 Å². The molecule has 0 saturated carbocycles. The molecule has 3 nitrogen and oxygen atoms in total. The predicted molar refractivity (Wildman–Crippen MR) is 58.8 cm³/mol.